The van der Waals surface area contributed by atoms with Crippen LogP contribution >= 0.6 is 0 Å². The first-order chi connectivity index (χ1) is 7.61. The molecular weight excluding hydrogens is 230 g/mol. The molecule has 0 bridgehead atoms. The van der Waals surface area contributed by atoms with E-state index >= 15 is 0 Å². The van der Waals surface area contributed by atoms with Crippen LogP contribution in [0, 0.1) is 0 Å². The van der Waals surface area contributed by atoms with Gasteiger partial charge in [0, 0.05) is 5.92 Å². The maximum Gasteiger partial charge on any atom is 0.229 e. The normalized spacial score (nSPS) is 21.1. The Balaban J connectivity index is 2.02. The monoisotopic (exact) mass is 245 g/mol. The van der Waals surface area contributed by atoms with Crippen LogP contribution in [0.2, 0.25) is 0 Å². The molecule has 0 unspecified atom stereocenters. The van der Waals surface area contributed by atoms with Crippen LogP contribution in [0.4, 0.5) is 0 Å². The number of hydrogen-bond donors (Lipinski definition) is 1. The summed E-state index contributed by atoms with van der Waals surface area (Å²) in [6.45, 7) is 0.564. The number of nitrogens with zero attached hydrogens (tertiary/aromatic N) is 2. The number of sulfone groups is 1. The van der Waals surface area contributed by atoms with Gasteiger partial charge >= 0.3 is 0 Å². The van der Waals surface area contributed by atoms with Crippen molar-refractivity contribution in [2.45, 2.75) is 25.3 Å². The Labute approximate surface area is 94.3 Å². The van der Waals surface area contributed by atoms with E-state index in [2.05, 4.69) is 15.5 Å². The van der Waals surface area contributed by atoms with E-state index in [-0.39, 0.29) is 17.4 Å². The fourth-order valence-corrected chi connectivity index (χ4v) is 3.29. The van der Waals surface area contributed by atoms with Crippen molar-refractivity contribution in [2.24, 2.45) is 0 Å². The predicted molar refractivity (Wildman–Crippen MR) is 57.7 cm³/mol. The molecular formula is C9H15N3O3S. The zero-order chi connectivity index (χ0) is 11.6. The fraction of sp³-hybridized carbons (Fsp3) is 0.778. The van der Waals surface area contributed by atoms with Crippen LogP contribution in [0.1, 0.15) is 30.5 Å². The molecule has 1 fully saturated rings. The molecule has 7 heteroatoms. The Morgan fingerprint density at radius 1 is 1.44 bits per heavy atom. The van der Waals surface area contributed by atoms with Gasteiger partial charge in [-0.2, -0.15) is 4.98 Å². The average Bonchev–Trinajstić information content (AvgIpc) is 2.67. The largest absolute Gasteiger partial charge is 0.339 e. The highest BCUT2D eigenvalue weighted by Gasteiger charge is 2.28. The van der Waals surface area contributed by atoms with E-state index in [1.165, 1.54) is 0 Å². The van der Waals surface area contributed by atoms with Crippen molar-refractivity contribution >= 4 is 9.84 Å². The van der Waals surface area contributed by atoms with Gasteiger partial charge < -0.3 is 9.84 Å². The van der Waals surface area contributed by atoms with Crippen molar-refractivity contribution in [1.29, 1.82) is 0 Å². The Morgan fingerprint density at radius 2 is 2.12 bits per heavy atom. The molecule has 1 N–H and O–H groups in total. The summed E-state index contributed by atoms with van der Waals surface area (Å²) in [6, 6.07) is 0. The Hall–Kier alpha value is -0.950. The van der Waals surface area contributed by atoms with Crippen LogP contribution in [0.15, 0.2) is 4.52 Å². The molecule has 1 aliphatic heterocycles. The molecule has 1 aromatic rings. The van der Waals surface area contributed by atoms with Gasteiger partial charge in [-0.15, -0.1) is 0 Å². The lowest BCUT2D eigenvalue weighted by molar-refractivity contribution is 0.339. The van der Waals surface area contributed by atoms with Gasteiger partial charge in [-0.05, 0) is 19.9 Å². The SMILES string of the molecule is CNCc1noc(C2CCS(=O)(=O)CC2)n1. The Kier molecular flexibility index (Phi) is 3.25. The maximum absolute atomic E-state index is 11.3. The highest BCUT2D eigenvalue weighted by Crippen LogP contribution is 2.27. The molecule has 0 atom stereocenters. The van der Waals surface area contributed by atoms with Gasteiger partial charge in [0.05, 0.1) is 18.1 Å². The lowest BCUT2D eigenvalue weighted by Crippen LogP contribution is -2.22. The third-order valence-electron chi connectivity index (χ3n) is 2.72. The van der Waals surface area contributed by atoms with Crippen molar-refractivity contribution in [1.82, 2.24) is 15.5 Å². The molecule has 1 saturated heterocycles. The van der Waals surface area contributed by atoms with Crippen molar-refractivity contribution in [3.63, 3.8) is 0 Å². The third-order valence-corrected chi connectivity index (χ3v) is 4.44. The lowest BCUT2D eigenvalue weighted by Gasteiger charge is -2.17. The predicted octanol–water partition coefficient (Wildman–Crippen LogP) is 0.0812. The molecule has 1 aromatic heterocycles. The van der Waals surface area contributed by atoms with Crippen LogP contribution in [0.25, 0.3) is 0 Å². The zero-order valence-electron chi connectivity index (χ0n) is 9.14. The minimum Gasteiger partial charge on any atom is -0.339 e. The smallest absolute Gasteiger partial charge is 0.229 e. The Bertz CT molecular complexity index is 440. The second kappa shape index (κ2) is 4.50. The lowest BCUT2D eigenvalue weighted by atomic mass is 10.0. The molecule has 0 radical (unpaired) electrons. The van der Waals surface area contributed by atoms with Gasteiger partial charge in [0.15, 0.2) is 5.82 Å². The van der Waals surface area contributed by atoms with E-state index in [9.17, 15) is 8.42 Å². The minimum absolute atomic E-state index is 0.0987. The number of hydrogen-bond acceptors (Lipinski definition) is 6. The van der Waals surface area contributed by atoms with Gasteiger partial charge in [-0.3, -0.25) is 0 Å². The van der Waals surface area contributed by atoms with Crippen LogP contribution in [-0.2, 0) is 16.4 Å². The number of nitrogens with one attached hydrogen (secondary N) is 1. The number of aromatic nitrogens is 2. The van der Waals surface area contributed by atoms with E-state index < -0.39 is 9.84 Å². The van der Waals surface area contributed by atoms with Crippen molar-refractivity contribution in [3.8, 4) is 0 Å². The summed E-state index contributed by atoms with van der Waals surface area (Å²) in [6.07, 6.45) is 1.17. The van der Waals surface area contributed by atoms with Crippen molar-refractivity contribution in [2.75, 3.05) is 18.6 Å². The first-order valence-corrected chi connectivity index (χ1v) is 7.10. The summed E-state index contributed by atoms with van der Waals surface area (Å²) in [5.74, 6) is 1.73. The molecule has 16 heavy (non-hydrogen) atoms. The number of rotatable bonds is 3. The molecule has 0 amide bonds. The second-order valence-corrected chi connectivity index (χ2v) is 6.31. The topological polar surface area (TPSA) is 85.1 Å². The van der Waals surface area contributed by atoms with E-state index in [0.717, 1.165) is 0 Å². The molecule has 2 rings (SSSR count). The maximum atomic E-state index is 11.3. The Morgan fingerprint density at radius 3 is 2.75 bits per heavy atom. The minimum atomic E-state index is -2.83. The van der Waals surface area contributed by atoms with Crippen LogP contribution in [-0.4, -0.2) is 37.1 Å². The molecule has 0 saturated carbocycles. The molecule has 90 valence electrons. The van der Waals surface area contributed by atoms with Crippen LogP contribution in [0.3, 0.4) is 0 Å². The summed E-state index contributed by atoms with van der Waals surface area (Å²) >= 11 is 0. The summed E-state index contributed by atoms with van der Waals surface area (Å²) in [7, 11) is -1.02. The summed E-state index contributed by atoms with van der Waals surface area (Å²) in [5.41, 5.74) is 0. The molecule has 0 aromatic carbocycles. The molecule has 1 aliphatic rings. The first-order valence-electron chi connectivity index (χ1n) is 5.28. The summed E-state index contributed by atoms with van der Waals surface area (Å²) < 4.78 is 27.6. The van der Waals surface area contributed by atoms with E-state index in [4.69, 9.17) is 4.52 Å². The first kappa shape index (κ1) is 11.5. The second-order valence-electron chi connectivity index (χ2n) is 4.01. The van der Waals surface area contributed by atoms with Gasteiger partial charge in [0.1, 0.15) is 9.84 Å². The molecule has 2 heterocycles. The van der Waals surface area contributed by atoms with Gasteiger partial charge in [0.25, 0.3) is 0 Å². The highest BCUT2D eigenvalue weighted by molar-refractivity contribution is 7.91. The molecule has 0 spiro atoms. The van der Waals surface area contributed by atoms with Gasteiger partial charge in [-0.1, -0.05) is 5.16 Å². The van der Waals surface area contributed by atoms with Crippen molar-refractivity contribution in [3.05, 3.63) is 11.7 Å². The van der Waals surface area contributed by atoms with E-state index in [0.29, 0.717) is 31.1 Å². The highest BCUT2D eigenvalue weighted by atomic mass is 32.2. The third kappa shape index (κ3) is 2.59. The molecule has 0 aliphatic carbocycles. The standard InChI is InChI=1S/C9H15N3O3S/c1-10-6-8-11-9(15-12-8)7-2-4-16(13,14)5-3-7/h7,10H,2-6H2,1H3. The summed E-state index contributed by atoms with van der Waals surface area (Å²) in [4.78, 5) is 4.24. The van der Waals surface area contributed by atoms with E-state index in [1.54, 1.807) is 0 Å². The van der Waals surface area contributed by atoms with Crippen molar-refractivity contribution < 1.29 is 12.9 Å². The van der Waals surface area contributed by atoms with Crippen LogP contribution < -0.4 is 5.32 Å². The van der Waals surface area contributed by atoms with Crippen LogP contribution in [0.5, 0.6) is 0 Å². The fourth-order valence-electron chi connectivity index (χ4n) is 1.80. The quantitative estimate of drug-likeness (QED) is 0.811. The van der Waals surface area contributed by atoms with Gasteiger partial charge in [0.2, 0.25) is 5.89 Å². The zero-order valence-corrected chi connectivity index (χ0v) is 9.96. The average molecular weight is 245 g/mol. The van der Waals surface area contributed by atoms with E-state index in [1.807, 2.05) is 7.05 Å². The van der Waals surface area contributed by atoms with Gasteiger partial charge in [-0.25, -0.2) is 8.42 Å². The summed E-state index contributed by atoms with van der Waals surface area (Å²) in [5, 5.41) is 6.75. The molecule has 6 nitrogen and oxygen atoms in total.